The Balaban J connectivity index is 1.90. The molecule has 3 N–H and O–H groups in total. The van der Waals surface area contributed by atoms with Crippen LogP contribution < -0.4 is 10.6 Å². The second kappa shape index (κ2) is 6.03. The molecule has 0 saturated heterocycles. The molecule has 0 atom stereocenters. The fraction of sp³-hybridized carbons (Fsp3) is 0.294. The zero-order chi connectivity index (χ0) is 15.8. The fourth-order valence-electron chi connectivity index (χ4n) is 3.05. The lowest BCUT2D eigenvalue weighted by Gasteiger charge is -2.04. The zero-order valence-corrected chi connectivity index (χ0v) is 14.5. The number of anilines is 1. The van der Waals surface area contributed by atoms with Crippen molar-refractivity contribution in [3.63, 3.8) is 0 Å². The summed E-state index contributed by atoms with van der Waals surface area (Å²) < 4.78 is 1.19. The molecule has 3 heterocycles. The van der Waals surface area contributed by atoms with Crippen molar-refractivity contribution < 1.29 is 10.1 Å². The highest BCUT2D eigenvalue weighted by Gasteiger charge is 2.24. The van der Waals surface area contributed by atoms with Crippen molar-refractivity contribution in [3.8, 4) is 10.6 Å². The van der Waals surface area contributed by atoms with Crippen molar-refractivity contribution in [2.75, 3.05) is 11.9 Å². The van der Waals surface area contributed by atoms with E-state index in [0.29, 0.717) is 0 Å². The number of nitrogens with two attached hydrogens (primary N) is 1. The molecule has 4 nitrogen and oxygen atoms in total. The summed E-state index contributed by atoms with van der Waals surface area (Å²) in [5, 5.41) is 7.35. The maximum absolute atomic E-state index is 11.6. The number of thiazole rings is 1. The van der Waals surface area contributed by atoms with Gasteiger partial charge in [-0.15, -0.1) is 22.7 Å². The van der Waals surface area contributed by atoms with Gasteiger partial charge in [-0.1, -0.05) is 12.1 Å². The number of nitrogens with one attached hydrogen (secondary N) is 1. The maximum atomic E-state index is 11.6. The molecule has 0 radical (unpaired) electrons. The highest BCUT2D eigenvalue weighted by Crippen LogP contribution is 2.44. The van der Waals surface area contributed by atoms with Gasteiger partial charge in [-0.2, -0.15) is 0 Å². The second-order valence-corrected chi connectivity index (χ2v) is 7.90. The molecule has 2 aromatic heterocycles. The summed E-state index contributed by atoms with van der Waals surface area (Å²) in [6.07, 6.45) is 2.23. The first-order valence-corrected chi connectivity index (χ1v) is 9.45. The Morgan fingerprint density at radius 2 is 2.17 bits per heavy atom. The minimum Gasteiger partial charge on any atom is -0.342 e. The Kier molecular flexibility index (Phi) is 3.88. The molecule has 1 aliphatic rings. The van der Waals surface area contributed by atoms with Crippen LogP contribution in [0.1, 0.15) is 23.8 Å². The summed E-state index contributed by atoms with van der Waals surface area (Å²) in [7, 11) is 0. The molecular weight excluding hydrogens is 326 g/mol. The summed E-state index contributed by atoms with van der Waals surface area (Å²) in [5.41, 5.74) is 3.56. The first-order chi connectivity index (χ1) is 11.2. The Bertz CT molecular complexity index is 848. The van der Waals surface area contributed by atoms with E-state index in [9.17, 15) is 4.79 Å². The standard InChI is InChI=1S/C17H17N3OS2/c1-10(21)19-16-15(11-5-4-8-18-9-14(11)23-16)17-20-12-6-2-3-7-13(12)22-17/h2-3,6-7,18H,4-5,8-9H2,1H3,(H,19,21)/p+1. The van der Waals surface area contributed by atoms with Gasteiger partial charge in [-0.3, -0.25) is 4.79 Å². The Morgan fingerprint density at radius 3 is 3.00 bits per heavy atom. The van der Waals surface area contributed by atoms with Crippen LogP contribution in [-0.4, -0.2) is 17.4 Å². The van der Waals surface area contributed by atoms with Gasteiger partial charge in [-0.25, -0.2) is 4.98 Å². The molecule has 1 aliphatic heterocycles. The molecule has 0 aliphatic carbocycles. The smallest absolute Gasteiger partial charge is 0.221 e. The van der Waals surface area contributed by atoms with Crippen LogP contribution >= 0.6 is 22.7 Å². The number of benzene rings is 1. The monoisotopic (exact) mass is 344 g/mol. The maximum Gasteiger partial charge on any atom is 0.221 e. The minimum absolute atomic E-state index is 0.0206. The van der Waals surface area contributed by atoms with E-state index in [1.807, 2.05) is 18.2 Å². The summed E-state index contributed by atoms with van der Waals surface area (Å²) in [6, 6.07) is 8.21. The highest BCUT2D eigenvalue weighted by molar-refractivity contribution is 7.22. The van der Waals surface area contributed by atoms with Crippen LogP contribution in [0, 0.1) is 0 Å². The van der Waals surface area contributed by atoms with E-state index >= 15 is 0 Å². The van der Waals surface area contributed by atoms with E-state index in [1.54, 1.807) is 29.6 Å². The van der Waals surface area contributed by atoms with Crippen molar-refractivity contribution in [1.29, 1.82) is 0 Å². The van der Waals surface area contributed by atoms with Crippen molar-refractivity contribution >= 4 is 43.8 Å². The molecule has 1 amide bonds. The van der Waals surface area contributed by atoms with Gasteiger partial charge in [0.1, 0.15) is 16.6 Å². The van der Waals surface area contributed by atoms with E-state index in [-0.39, 0.29) is 5.91 Å². The Hall–Kier alpha value is -1.76. The van der Waals surface area contributed by atoms with Crippen LogP contribution in [0.2, 0.25) is 0 Å². The Morgan fingerprint density at radius 1 is 1.30 bits per heavy atom. The molecule has 23 heavy (non-hydrogen) atoms. The highest BCUT2D eigenvalue weighted by atomic mass is 32.1. The molecule has 0 fully saturated rings. The number of thiophene rings is 1. The number of quaternary nitrogens is 1. The molecule has 4 rings (SSSR count). The number of nitrogens with zero attached hydrogens (tertiary/aromatic N) is 1. The third-order valence-corrected chi connectivity index (χ3v) is 6.28. The predicted molar refractivity (Wildman–Crippen MR) is 96.1 cm³/mol. The van der Waals surface area contributed by atoms with E-state index < -0.39 is 0 Å². The van der Waals surface area contributed by atoms with Crippen LogP contribution in [0.25, 0.3) is 20.8 Å². The average molecular weight is 344 g/mol. The van der Waals surface area contributed by atoms with Gasteiger partial charge < -0.3 is 10.6 Å². The number of para-hydroxylation sites is 1. The fourth-order valence-corrected chi connectivity index (χ4v) is 5.45. The van der Waals surface area contributed by atoms with E-state index in [0.717, 1.165) is 40.6 Å². The lowest BCUT2D eigenvalue weighted by molar-refractivity contribution is -0.669. The normalized spacial score (nSPS) is 14.5. The molecule has 3 aromatic rings. The number of hydrogen-bond donors (Lipinski definition) is 2. The van der Waals surface area contributed by atoms with Gasteiger partial charge in [0.2, 0.25) is 5.91 Å². The third-order valence-electron chi connectivity index (χ3n) is 4.05. The summed E-state index contributed by atoms with van der Waals surface area (Å²) in [4.78, 5) is 17.8. The van der Waals surface area contributed by atoms with Crippen LogP contribution in [0.5, 0.6) is 0 Å². The third kappa shape index (κ3) is 2.78. The van der Waals surface area contributed by atoms with Crippen molar-refractivity contribution in [3.05, 3.63) is 34.7 Å². The molecule has 0 bridgehead atoms. The summed E-state index contributed by atoms with van der Waals surface area (Å²) in [5.74, 6) is -0.0206. The van der Waals surface area contributed by atoms with Gasteiger partial charge in [0.25, 0.3) is 0 Å². The average Bonchev–Trinajstić information content (AvgIpc) is 3.00. The molecule has 118 valence electrons. The summed E-state index contributed by atoms with van der Waals surface area (Å²) >= 11 is 3.42. The van der Waals surface area contributed by atoms with Crippen LogP contribution in [-0.2, 0) is 17.8 Å². The number of rotatable bonds is 2. The quantitative estimate of drug-likeness (QED) is 0.751. The first-order valence-electron chi connectivity index (χ1n) is 7.82. The van der Waals surface area contributed by atoms with Crippen molar-refractivity contribution in [2.24, 2.45) is 0 Å². The summed E-state index contributed by atoms with van der Waals surface area (Å²) in [6.45, 7) is 3.73. The number of aromatic nitrogens is 1. The van der Waals surface area contributed by atoms with Crippen molar-refractivity contribution in [1.82, 2.24) is 4.98 Å². The van der Waals surface area contributed by atoms with E-state index in [1.165, 1.54) is 21.6 Å². The van der Waals surface area contributed by atoms with Crippen molar-refractivity contribution in [2.45, 2.75) is 26.3 Å². The molecular formula is C17H18N3OS2+. The predicted octanol–water partition coefficient (Wildman–Crippen LogP) is 2.99. The number of fused-ring (bicyclic) bond motifs is 2. The Labute approximate surface area is 142 Å². The largest absolute Gasteiger partial charge is 0.342 e. The molecule has 1 aromatic carbocycles. The van der Waals surface area contributed by atoms with E-state index in [2.05, 4.69) is 16.7 Å². The van der Waals surface area contributed by atoms with Gasteiger partial charge in [0.15, 0.2) is 0 Å². The topological polar surface area (TPSA) is 58.6 Å². The molecule has 0 spiro atoms. The van der Waals surface area contributed by atoms with Crippen LogP contribution in [0.4, 0.5) is 5.00 Å². The van der Waals surface area contributed by atoms with Gasteiger partial charge in [0, 0.05) is 18.9 Å². The second-order valence-electron chi connectivity index (χ2n) is 5.76. The van der Waals surface area contributed by atoms with Gasteiger partial charge in [0.05, 0.1) is 21.6 Å². The number of carbonyl (C=O) groups is 1. The molecule has 6 heteroatoms. The van der Waals surface area contributed by atoms with Crippen LogP contribution in [0.3, 0.4) is 0 Å². The van der Waals surface area contributed by atoms with Gasteiger partial charge >= 0.3 is 0 Å². The molecule has 0 unspecified atom stereocenters. The first kappa shape index (κ1) is 14.8. The lowest BCUT2D eigenvalue weighted by Crippen LogP contribution is -2.82. The van der Waals surface area contributed by atoms with Gasteiger partial charge in [-0.05, 0) is 24.1 Å². The number of carbonyl (C=O) groups excluding carboxylic acids is 1. The zero-order valence-electron chi connectivity index (χ0n) is 12.9. The van der Waals surface area contributed by atoms with E-state index in [4.69, 9.17) is 4.98 Å². The van der Waals surface area contributed by atoms with Crippen LogP contribution in [0.15, 0.2) is 24.3 Å². The lowest BCUT2D eigenvalue weighted by atomic mass is 10.1. The number of amides is 1. The SMILES string of the molecule is CC(=O)Nc1sc2c(c1-c1nc3ccccc3s1)CCC[NH2+]C2. The minimum atomic E-state index is -0.0206. The molecule has 0 saturated carbocycles. The number of hydrogen-bond acceptors (Lipinski definition) is 4.